The highest BCUT2D eigenvalue weighted by atomic mass is 79.9. The van der Waals surface area contributed by atoms with Crippen LogP contribution in [0.5, 0.6) is 0 Å². The molecule has 3 heterocycles. The minimum absolute atomic E-state index is 0.00610. The Balaban J connectivity index is 1.63. The van der Waals surface area contributed by atoms with Gasteiger partial charge in [-0.25, -0.2) is 8.42 Å². The summed E-state index contributed by atoms with van der Waals surface area (Å²) in [5, 5.41) is 0. The third kappa shape index (κ3) is 3.23. The fourth-order valence-electron chi connectivity index (χ4n) is 2.69. The summed E-state index contributed by atoms with van der Waals surface area (Å²) in [5.74, 6) is -0.00610. The van der Waals surface area contributed by atoms with Crippen LogP contribution in [0.15, 0.2) is 20.1 Å². The highest BCUT2D eigenvalue weighted by Gasteiger charge is 2.34. The molecule has 2 fully saturated rings. The number of ether oxygens (including phenoxy) is 1. The number of piperazine rings is 1. The largest absolute Gasteiger partial charge is 0.368 e. The first kappa shape index (κ1) is 16.4. The second-order valence-electron chi connectivity index (χ2n) is 5.29. The number of nitrogens with zero attached hydrogens (tertiary/aromatic N) is 2. The number of amides is 1. The molecule has 1 aromatic rings. The van der Waals surface area contributed by atoms with E-state index >= 15 is 0 Å². The molecule has 1 aromatic heterocycles. The van der Waals surface area contributed by atoms with Gasteiger partial charge >= 0.3 is 0 Å². The molecular weight excluding hydrogens is 392 g/mol. The SMILES string of the molecule is O=C([C@H]1CCCO1)N1CCN(S(=O)(=O)c2ccc(Br)s2)CC1. The fraction of sp³-hybridized carbons (Fsp3) is 0.615. The molecule has 2 aliphatic heterocycles. The lowest BCUT2D eigenvalue weighted by Crippen LogP contribution is -2.52. The molecule has 0 aliphatic carbocycles. The van der Waals surface area contributed by atoms with Gasteiger partial charge < -0.3 is 9.64 Å². The molecule has 0 N–H and O–H groups in total. The topological polar surface area (TPSA) is 66.9 Å². The molecule has 2 saturated heterocycles. The number of carbonyl (C=O) groups is 1. The zero-order valence-electron chi connectivity index (χ0n) is 11.9. The summed E-state index contributed by atoms with van der Waals surface area (Å²) in [6.45, 7) is 2.14. The van der Waals surface area contributed by atoms with Crippen LogP contribution in [0.25, 0.3) is 0 Å². The summed E-state index contributed by atoms with van der Waals surface area (Å²) in [5.41, 5.74) is 0. The van der Waals surface area contributed by atoms with E-state index in [1.807, 2.05) is 0 Å². The Morgan fingerprint density at radius 2 is 2.00 bits per heavy atom. The van der Waals surface area contributed by atoms with Gasteiger partial charge in [0.2, 0.25) is 0 Å². The molecule has 1 atom stereocenters. The van der Waals surface area contributed by atoms with E-state index in [0.29, 0.717) is 37.0 Å². The van der Waals surface area contributed by atoms with Gasteiger partial charge in [0.25, 0.3) is 15.9 Å². The number of halogens is 1. The predicted molar refractivity (Wildman–Crippen MR) is 86.3 cm³/mol. The van der Waals surface area contributed by atoms with E-state index in [9.17, 15) is 13.2 Å². The molecule has 0 saturated carbocycles. The van der Waals surface area contributed by atoms with Crippen molar-refractivity contribution in [2.24, 2.45) is 0 Å². The van der Waals surface area contributed by atoms with Gasteiger partial charge in [-0.05, 0) is 40.9 Å². The number of rotatable bonds is 3. The van der Waals surface area contributed by atoms with Crippen LogP contribution < -0.4 is 0 Å². The molecule has 0 radical (unpaired) electrons. The zero-order valence-corrected chi connectivity index (χ0v) is 15.1. The average Bonchev–Trinajstić information content (AvgIpc) is 3.18. The molecule has 122 valence electrons. The van der Waals surface area contributed by atoms with Crippen LogP contribution in [-0.2, 0) is 19.6 Å². The molecule has 0 aromatic carbocycles. The fourth-order valence-corrected chi connectivity index (χ4v) is 6.27. The first-order valence-corrected chi connectivity index (χ1v) is 10.2. The molecule has 6 nitrogen and oxygen atoms in total. The maximum absolute atomic E-state index is 12.5. The summed E-state index contributed by atoms with van der Waals surface area (Å²) >= 11 is 4.49. The Hall–Kier alpha value is -0.480. The van der Waals surface area contributed by atoms with Gasteiger partial charge in [-0.3, -0.25) is 4.79 Å². The molecule has 3 rings (SSSR count). The van der Waals surface area contributed by atoms with Gasteiger partial charge in [0.15, 0.2) is 0 Å². The third-order valence-electron chi connectivity index (χ3n) is 3.90. The van der Waals surface area contributed by atoms with Crippen LogP contribution in [0.3, 0.4) is 0 Å². The summed E-state index contributed by atoms with van der Waals surface area (Å²) in [6.07, 6.45) is 1.34. The van der Waals surface area contributed by atoms with Gasteiger partial charge in [0.05, 0.1) is 3.79 Å². The van der Waals surface area contributed by atoms with Crippen molar-refractivity contribution in [1.82, 2.24) is 9.21 Å². The summed E-state index contributed by atoms with van der Waals surface area (Å²) in [6, 6.07) is 3.34. The van der Waals surface area contributed by atoms with E-state index in [-0.39, 0.29) is 12.0 Å². The van der Waals surface area contributed by atoms with E-state index < -0.39 is 10.0 Å². The first-order valence-electron chi connectivity index (χ1n) is 7.14. The summed E-state index contributed by atoms with van der Waals surface area (Å²) in [7, 11) is -3.46. The van der Waals surface area contributed by atoms with Crippen molar-refractivity contribution in [2.45, 2.75) is 23.2 Å². The van der Waals surface area contributed by atoms with Gasteiger partial charge in [0.1, 0.15) is 10.3 Å². The Morgan fingerprint density at radius 1 is 1.27 bits per heavy atom. The monoisotopic (exact) mass is 408 g/mol. The van der Waals surface area contributed by atoms with Gasteiger partial charge in [-0.2, -0.15) is 4.31 Å². The van der Waals surface area contributed by atoms with Crippen molar-refractivity contribution in [3.8, 4) is 0 Å². The van der Waals surface area contributed by atoms with Crippen LogP contribution in [0, 0.1) is 0 Å². The first-order chi connectivity index (χ1) is 10.5. The Bertz CT molecular complexity index is 647. The smallest absolute Gasteiger partial charge is 0.252 e. The Kier molecular flexibility index (Phi) is 4.89. The van der Waals surface area contributed by atoms with E-state index in [0.717, 1.165) is 16.6 Å². The second kappa shape index (κ2) is 6.56. The van der Waals surface area contributed by atoms with E-state index in [2.05, 4.69) is 15.9 Å². The van der Waals surface area contributed by atoms with Crippen molar-refractivity contribution < 1.29 is 17.9 Å². The standard InChI is InChI=1S/C13H17BrN2O4S2/c14-11-3-4-12(21-11)22(18,19)16-7-5-15(6-8-16)13(17)10-2-1-9-20-10/h3-4,10H,1-2,5-9H2/t10-/m1/s1. The van der Waals surface area contributed by atoms with E-state index in [4.69, 9.17) is 4.74 Å². The van der Waals surface area contributed by atoms with Gasteiger partial charge in [-0.15, -0.1) is 11.3 Å². The van der Waals surface area contributed by atoms with Crippen molar-refractivity contribution >= 4 is 43.2 Å². The van der Waals surface area contributed by atoms with Gasteiger partial charge in [-0.1, -0.05) is 0 Å². The molecule has 0 spiro atoms. The third-order valence-corrected chi connectivity index (χ3v) is 7.89. The van der Waals surface area contributed by atoms with Crippen molar-refractivity contribution in [2.75, 3.05) is 32.8 Å². The predicted octanol–water partition coefficient (Wildman–Crippen LogP) is 1.52. The molecule has 0 bridgehead atoms. The van der Waals surface area contributed by atoms with Crippen LogP contribution >= 0.6 is 27.3 Å². The number of hydrogen-bond acceptors (Lipinski definition) is 5. The van der Waals surface area contributed by atoms with Crippen molar-refractivity contribution in [3.63, 3.8) is 0 Å². The Morgan fingerprint density at radius 3 is 2.55 bits per heavy atom. The second-order valence-corrected chi connectivity index (χ2v) is 9.92. The van der Waals surface area contributed by atoms with E-state index in [1.165, 1.54) is 15.6 Å². The Labute approximate surface area is 142 Å². The average molecular weight is 409 g/mol. The molecule has 2 aliphatic rings. The maximum atomic E-state index is 12.5. The van der Waals surface area contributed by atoms with Crippen LogP contribution in [0.4, 0.5) is 0 Å². The quantitative estimate of drug-likeness (QED) is 0.760. The number of carbonyl (C=O) groups excluding carboxylic acids is 1. The summed E-state index contributed by atoms with van der Waals surface area (Å²) in [4.78, 5) is 14.0. The number of sulfonamides is 1. The lowest BCUT2D eigenvalue weighted by molar-refractivity contribution is -0.142. The minimum Gasteiger partial charge on any atom is -0.368 e. The molecule has 22 heavy (non-hydrogen) atoms. The van der Waals surface area contributed by atoms with Crippen molar-refractivity contribution in [1.29, 1.82) is 0 Å². The molecule has 0 unspecified atom stereocenters. The normalized spacial score (nSPS) is 23.9. The zero-order chi connectivity index (χ0) is 15.7. The van der Waals surface area contributed by atoms with Gasteiger partial charge in [0, 0.05) is 32.8 Å². The minimum atomic E-state index is -3.46. The summed E-state index contributed by atoms with van der Waals surface area (Å²) < 4.78 is 33.0. The maximum Gasteiger partial charge on any atom is 0.252 e. The highest BCUT2D eigenvalue weighted by molar-refractivity contribution is 9.11. The van der Waals surface area contributed by atoms with E-state index in [1.54, 1.807) is 17.0 Å². The number of hydrogen-bond donors (Lipinski definition) is 0. The molecular formula is C13H17BrN2O4S2. The van der Waals surface area contributed by atoms with Crippen molar-refractivity contribution in [3.05, 3.63) is 15.9 Å². The molecule has 1 amide bonds. The number of thiophene rings is 1. The lowest BCUT2D eigenvalue weighted by atomic mass is 10.2. The van der Waals surface area contributed by atoms with Crippen LogP contribution in [-0.4, -0.2) is 62.4 Å². The highest BCUT2D eigenvalue weighted by Crippen LogP contribution is 2.29. The van der Waals surface area contributed by atoms with Crippen LogP contribution in [0.2, 0.25) is 0 Å². The van der Waals surface area contributed by atoms with Crippen LogP contribution in [0.1, 0.15) is 12.8 Å². The lowest BCUT2D eigenvalue weighted by Gasteiger charge is -2.34. The molecule has 9 heteroatoms.